The molecule has 40 heavy (non-hydrogen) atoms. The maximum absolute atomic E-state index is 13.2. The minimum atomic E-state index is 0.0889. The molecule has 1 fully saturated rings. The smallest absolute Gasteiger partial charge is 0.253 e. The van der Waals surface area contributed by atoms with Crippen LogP contribution in [0.3, 0.4) is 0 Å². The van der Waals surface area contributed by atoms with Crippen molar-refractivity contribution in [1.29, 1.82) is 0 Å². The fourth-order valence-electron chi connectivity index (χ4n) is 5.32. The van der Waals surface area contributed by atoms with Gasteiger partial charge in [0.2, 0.25) is 0 Å². The fraction of sp³-hybridized carbons (Fsp3) is 0.121. The molecule has 7 rings (SSSR count). The van der Waals surface area contributed by atoms with Crippen LogP contribution in [0, 0.1) is 0 Å². The first-order valence-corrected chi connectivity index (χ1v) is 14.3. The van der Waals surface area contributed by atoms with Crippen LogP contribution in [0.4, 0.5) is 17.1 Å². The molecular weight excluding hydrogens is 514 g/mol. The SMILES string of the molecule is O=C(c1ccc(-c2ccc3c(Nc4ccc5scnc5c4)ccnc3c2)cc1)N1CCN(c2ccccc2)CC1. The van der Waals surface area contributed by atoms with E-state index in [0.29, 0.717) is 0 Å². The van der Waals surface area contributed by atoms with Gasteiger partial charge in [0, 0.05) is 60.4 Å². The summed E-state index contributed by atoms with van der Waals surface area (Å²) in [5.41, 5.74) is 9.83. The lowest BCUT2D eigenvalue weighted by atomic mass is 10.0. The van der Waals surface area contributed by atoms with E-state index < -0.39 is 0 Å². The number of carbonyl (C=O) groups excluding carboxylic acids is 1. The van der Waals surface area contributed by atoms with E-state index in [-0.39, 0.29) is 5.91 Å². The number of carbonyl (C=O) groups is 1. The number of fused-ring (bicyclic) bond motifs is 2. The monoisotopic (exact) mass is 541 g/mol. The highest BCUT2D eigenvalue weighted by Crippen LogP contribution is 2.31. The molecule has 196 valence electrons. The summed E-state index contributed by atoms with van der Waals surface area (Å²) in [6.45, 7) is 3.13. The Kier molecular flexibility index (Phi) is 6.34. The molecule has 2 aromatic heterocycles. The first-order chi connectivity index (χ1) is 19.7. The van der Waals surface area contributed by atoms with E-state index in [1.54, 1.807) is 11.3 Å². The first-order valence-electron chi connectivity index (χ1n) is 13.4. The Balaban J connectivity index is 1.06. The van der Waals surface area contributed by atoms with Crippen LogP contribution in [0.25, 0.3) is 32.2 Å². The van der Waals surface area contributed by atoms with E-state index in [9.17, 15) is 4.79 Å². The Hall–Kier alpha value is -4.75. The summed E-state index contributed by atoms with van der Waals surface area (Å²) in [5.74, 6) is 0.0889. The highest BCUT2D eigenvalue weighted by atomic mass is 32.1. The van der Waals surface area contributed by atoms with Gasteiger partial charge in [-0.15, -0.1) is 11.3 Å². The molecule has 0 aliphatic carbocycles. The minimum absolute atomic E-state index is 0.0889. The van der Waals surface area contributed by atoms with Gasteiger partial charge in [-0.3, -0.25) is 9.78 Å². The molecule has 0 atom stereocenters. The van der Waals surface area contributed by atoms with Crippen LogP contribution < -0.4 is 10.2 Å². The minimum Gasteiger partial charge on any atom is -0.368 e. The number of thiazole rings is 1. The van der Waals surface area contributed by atoms with Crippen LogP contribution >= 0.6 is 11.3 Å². The van der Waals surface area contributed by atoms with Crippen LogP contribution in [-0.4, -0.2) is 47.0 Å². The largest absolute Gasteiger partial charge is 0.368 e. The van der Waals surface area contributed by atoms with Gasteiger partial charge in [0.1, 0.15) is 0 Å². The van der Waals surface area contributed by atoms with Gasteiger partial charge < -0.3 is 15.1 Å². The number of benzene rings is 4. The van der Waals surface area contributed by atoms with E-state index in [1.807, 2.05) is 53.0 Å². The molecule has 4 aromatic carbocycles. The van der Waals surface area contributed by atoms with Gasteiger partial charge in [0.25, 0.3) is 5.91 Å². The fourth-order valence-corrected chi connectivity index (χ4v) is 5.98. The lowest BCUT2D eigenvalue weighted by molar-refractivity contribution is 0.0747. The number of hydrogen-bond donors (Lipinski definition) is 1. The van der Waals surface area contributed by atoms with Gasteiger partial charge in [-0.1, -0.05) is 42.5 Å². The van der Waals surface area contributed by atoms with Crippen molar-refractivity contribution in [3.63, 3.8) is 0 Å². The van der Waals surface area contributed by atoms with Gasteiger partial charge in [0.15, 0.2) is 0 Å². The highest BCUT2D eigenvalue weighted by molar-refractivity contribution is 7.16. The van der Waals surface area contributed by atoms with Crippen LogP contribution in [0.15, 0.2) is 109 Å². The van der Waals surface area contributed by atoms with Gasteiger partial charge in [-0.25, -0.2) is 4.98 Å². The zero-order valence-electron chi connectivity index (χ0n) is 21.8. The number of nitrogens with zero attached hydrogens (tertiary/aromatic N) is 4. The molecule has 3 heterocycles. The average Bonchev–Trinajstić information content (AvgIpc) is 3.49. The topological polar surface area (TPSA) is 61.4 Å². The summed E-state index contributed by atoms with van der Waals surface area (Å²) >= 11 is 1.64. The summed E-state index contributed by atoms with van der Waals surface area (Å²) in [5, 5.41) is 4.58. The van der Waals surface area contributed by atoms with Crippen molar-refractivity contribution in [3.8, 4) is 11.1 Å². The summed E-state index contributed by atoms with van der Waals surface area (Å²) in [7, 11) is 0. The number of nitrogens with one attached hydrogen (secondary N) is 1. The summed E-state index contributed by atoms with van der Waals surface area (Å²) in [6.07, 6.45) is 1.83. The second kappa shape index (κ2) is 10.4. The third-order valence-electron chi connectivity index (χ3n) is 7.51. The standard InChI is InChI=1S/C33H27N5OS/c39-33(38-18-16-37(17-19-38)27-4-2-1-3-5-27)24-8-6-23(7-9-24)25-10-12-28-29(14-15-34-30(28)20-25)36-26-11-13-32-31(21-26)35-22-40-32/h1-15,20-22H,16-19H2,(H,34,36). The third-order valence-corrected chi connectivity index (χ3v) is 8.32. The predicted octanol–water partition coefficient (Wildman–Crippen LogP) is 7.22. The van der Waals surface area contributed by atoms with Gasteiger partial charge in [-0.05, 0) is 65.7 Å². The summed E-state index contributed by atoms with van der Waals surface area (Å²) in [6, 6.07) is 32.9. The second-order valence-electron chi connectivity index (χ2n) is 9.94. The molecule has 0 unspecified atom stereocenters. The second-order valence-corrected chi connectivity index (χ2v) is 10.8. The normalized spacial score (nSPS) is 13.6. The van der Waals surface area contributed by atoms with Crippen molar-refractivity contribution >= 4 is 55.4 Å². The van der Waals surface area contributed by atoms with Crippen LogP contribution in [0.1, 0.15) is 10.4 Å². The van der Waals surface area contributed by atoms with Crippen molar-refractivity contribution < 1.29 is 4.79 Å². The third kappa shape index (κ3) is 4.76. The van der Waals surface area contributed by atoms with Crippen LogP contribution in [-0.2, 0) is 0 Å². The van der Waals surface area contributed by atoms with Crippen molar-refractivity contribution in [3.05, 3.63) is 114 Å². The molecule has 0 radical (unpaired) electrons. The molecule has 7 heteroatoms. The number of para-hydroxylation sites is 1. The van der Waals surface area contributed by atoms with Gasteiger partial charge in [0.05, 0.1) is 21.2 Å². The van der Waals surface area contributed by atoms with Crippen LogP contribution in [0.2, 0.25) is 0 Å². The molecule has 1 aliphatic heterocycles. The molecule has 1 saturated heterocycles. The maximum Gasteiger partial charge on any atom is 0.253 e. The van der Waals surface area contributed by atoms with E-state index in [2.05, 4.69) is 80.8 Å². The number of rotatable bonds is 5. The molecule has 6 aromatic rings. The molecule has 1 N–H and O–H groups in total. The number of aromatic nitrogens is 2. The molecule has 0 saturated carbocycles. The molecule has 1 aliphatic rings. The van der Waals surface area contributed by atoms with Crippen LogP contribution in [0.5, 0.6) is 0 Å². The zero-order chi connectivity index (χ0) is 26.9. The maximum atomic E-state index is 13.2. The number of amides is 1. The molecular formula is C33H27N5OS. The number of anilines is 3. The number of pyridine rings is 1. The number of hydrogen-bond acceptors (Lipinski definition) is 6. The Labute approximate surface area is 236 Å². The van der Waals surface area contributed by atoms with E-state index in [0.717, 1.165) is 70.7 Å². The van der Waals surface area contributed by atoms with E-state index >= 15 is 0 Å². The zero-order valence-corrected chi connectivity index (χ0v) is 22.6. The molecule has 0 spiro atoms. The molecule has 0 bridgehead atoms. The number of piperazine rings is 1. The molecule has 1 amide bonds. The average molecular weight is 542 g/mol. The predicted molar refractivity (Wildman–Crippen MR) is 165 cm³/mol. The Morgan fingerprint density at radius 1 is 0.750 bits per heavy atom. The molecule has 6 nitrogen and oxygen atoms in total. The Morgan fingerprint density at radius 3 is 2.38 bits per heavy atom. The Morgan fingerprint density at radius 2 is 1.55 bits per heavy atom. The Bertz CT molecular complexity index is 1810. The van der Waals surface area contributed by atoms with Gasteiger partial charge >= 0.3 is 0 Å². The van der Waals surface area contributed by atoms with Gasteiger partial charge in [-0.2, -0.15) is 0 Å². The lowest BCUT2D eigenvalue weighted by Gasteiger charge is -2.36. The van der Waals surface area contributed by atoms with E-state index in [1.165, 1.54) is 10.4 Å². The van der Waals surface area contributed by atoms with E-state index in [4.69, 9.17) is 0 Å². The highest BCUT2D eigenvalue weighted by Gasteiger charge is 2.22. The first kappa shape index (κ1) is 24.3. The summed E-state index contributed by atoms with van der Waals surface area (Å²) < 4.78 is 1.17. The lowest BCUT2D eigenvalue weighted by Crippen LogP contribution is -2.48. The van der Waals surface area contributed by atoms with Crippen molar-refractivity contribution in [2.45, 2.75) is 0 Å². The van der Waals surface area contributed by atoms with Crippen molar-refractivity contribution in [2.24, 2.45) is 0 Å². The summed E-state index contributed by atoms with van der Waals surface area (Å²) in [4.78, 5) is 26.5. The quantitative estimate of drug-likeness (QED) is 0.250. The van der Waals surface area contributed by atoms with Crippen molar-refractivity contribution in [1.82, 2.24) is 14.9 Å². The van der Waals surface area contributed by atoms with Crippen molar-refractivity contribution in [2.75, 3.05) is 36.4 Å².